The molecule has 198 valence electrons. The molecule has 0 bridgehead atoms. The number of aromatic nitrogens is 1. The van der Waals surface area contributed by atoms with Crippen LogP contribution in [-0.4, -0.2) is 27.3 Å². The predicted octanol–water partition coefficient (Wildman–Crippen LogP) is 6.85. The number of hydrogen-bond acceptors (Lipinski definition) is 5. The topological polar surface area (TPSA) is 87.8 Å². The monoisotopic (exact) mass is 539 g/mol. The molecule has 2 aromatic carbocycles. The molecule has 4 aromatic rings. The van der Waals surface area contributed by atoms with Gasteiger partial charge in [-0.05, 0) is 111 Å². The maximum Gasteiger partial charge on any atom is 0.335 e. The molecule has 0 spiro atoms. The van der Waals surface area contributed by atoms with Gasteiger partial charge in [0.1, 0.15) is 23.3 Å². The summed E-state index contributed by atoms with van der Waals surface area (Å²) in [6, 6.07) is 22.3. The Morgan fingerprint density at radius 2 is 1.87 bits per heavy atom. The molecule has 0 amide bonds. The molecule has 2 fully saturated rings. The van der Waals surface area contributed by atoms with Gasteiger partial charge in [-0.2, -0.15) is 0 Å². The Kier molecular flexibility index (Phi) is 6.79. The lowest BCUT2D eigenvalue weighted by Gasteiger charge is -2.26. The van der Waals surface area contributed by atoms with E-state index < -0.39 is 5.97 Å². The van der Waals surface area contributed by atoms with Crippen molar-refractivity contribution in [3.05, 3.63) is 102 Å². The number of rotatable bonds is 7. The Morgan fingerprint density at radius 1 is 1.08 bits per heavy atom. The third kappa shape index (κ3) is 5.00. The first-order valence-corrected chi connectivity index (χ1v) is 13.6. The second-order valence-corrected chi connectivity index (χ2v) is 10.4. The third-order valence-electron chi connectivity index (χ3n) is 7.48. The van der Waals surface area contributed by atoms with E-state index >= 15 is 0 Å². The van der Waals surface area contributed by atoms with Crippen LogP contribution in [0, 0.1) is 6.92 Å². The zero-order chi connectivity index (χ0) is 26.9. The van der Waals surface area contributed by atoms with Gasteiger partial charge < -0.3 is 24.5 Å². The second-order valence-electron chi connectivity index (χ2n) is 10.1. The highest BCUT2D eigenvalue weighted by Gasteiger charge is 2.42. The molecule has 8 heteroatoms. The number of nitrogens with zero attached hydrogens (tertiary/aromatic N) is 2. The van der Waals surface area contributed by atoms with Crippen LogP contribution >= 0.6 is 12.2 Å². The van der Waals surface area contributed by atoms with Gasteiger partial charge in [0.05, 0.1) is 23.4 Å². The van der Waals surface area contributed by atoms with Gasteiger partial charge >= 0.3 is 5.97 Å². The lowest BCUT2D eigenvalue weighted by atomic mass is 10.0. The molecule has 7 nitrogen and oxygen atoms in total. The number of pyridine rings is 1. The van der Waals surface area contributed by atoms with Gasteiger partial charge in [-0.1, -0.05) is 12.1 Å². The molecule has 2 aliphatic rings. The number of carbonyl (C=O) groups is 1. The second kappa shape index (κ2) is 10.5. The highest BCUT2D eigenvalue weighted by molar-refractivity contribution is 7.80. The van der Waals surface area contributed by atoms with E-state index in [4.69, 9.17) is 21.4 Å². The highest BCUT2D eigenvalue weighted by atomic mass is 32.1. The summed E-state index contributed by atoms with van der Waals surface area (Å²) >= 11 is 5.84. The Labute approximate surface area is 232 Å². The summed E-state index contributed by atoms with van der Waals surface area (Å²) in [7, 11) is 0. The maximum atomic E-state index is 11.4. The fourth-order valence-electron chi connectivity index (χ4n) is 5.54. The molecular formula is C31H29N3O4S. The molecule has 0 radical (unpaired) electrons. The molecule has 2 aromatic heterocycles. The van der Waals surface area contributed by atoms with Crippen LogP contribution in [0.3, 0.4) is 0 Å². The average Bonchev–Trinajstić information content (AvgIpc) is 3.70. The van der Waals surface area contributed by atoms with E-state index in [1.165, 1.54) is 12.8 Å². The predicted molar refractivity (Wildman–Crippen MR) is 153 cm³/mol. The molecule has 1 saturated carbocycles. The Morgan fingerprint density at radius 3 is 2.56 bits per heavy atom. The zero-order valence-electron chi connectivity index (χ0n) is 21.5. The number of nitrogens with one attached hydrogen (secondary N) is 1. The van der Waals surface area contributed by atoms with Crippen LogP contribution in [0.1, 0.15) is 65.1 Å². The minimum Gasteiger partial charge on any atom is -0.490 e. The number of carboxylic acid groups (broad SMARTS) is 1. The molecule has 6 rings (SSSR count). The fraction of sp³-hybridized carbons (Fsp3) is 0.258. The van der Waals surface area contributed by atoms with Crippen LogP contribution in [0.4, 0.5) is 5.69 Å². The zero-order valence-corrected chi connectivity index (χ0v) is 22.4. The van der Waals surface area contributed by atoms with Crippen molar-refractivity contribution in [2.24, 2.45) is 0 Å². The first-order valence-electron chi connectivity index (χ1n) is 13.2. The Bertz CT molecular complexity index is 1500. The number of aromatic carboxylic acids is 1. The summed E-state index contributed by atoms with van der Waals surface area (Å²) in [4.78, 5) is 18.1. The van der Waals surface area contributed by atoms with Crippen LogP contribution in [0.25, 0.3) is 11.3 Å². The molecule has 2 atom stereocenters. The van der Waals surface area contributed by atoms with Crippen LogP contribution in [0.15, 0.2) is 83.4 Å². The first kappa shape index (κ1) is 25.1. The lowest BCUT2D eigenvalue weighted by molar-refractivity contribution is 0.0696. The van der Waals surface area contributed by atoms with Crippen molar-refractivity contribution in [1.82, 2.24) is 10.3 Å². The van der Waals surface area contributed by atoms with Crippen molar-refractivity contribution >= 4 is 29.0 Å². The highest BCUT2D eigenvalue weighted by Crippen LogP contribution is 2.43. The minimum atomic E-state index is -0.955. The van der Waals surface area contributed by atoms with Gasteiger partial charge in [-0.25, -0.2) is 4.79 Å². The molecule has 39 heavy (non-hydrogen) atoms. The number of thiocarbonyl (C=S) groups is 1. The fourth-order valence-corrected chi connectivity index (χ4v) is 5.88. The van der Waals surface area contributed by atoms with Crippen molar-refractivity contribution in [2.45, 2.75) is 50.8 Å². The van der Waals surface area contributed by atoms with Gasteiger partial charge in [0.2, 0.25) is 0 Å². The summed E-state index contributed by atoms with van der Waals surface area (Å²) in [5, 5.41) is 13.4. The number of carboxylic acids is 1. The molecule has 1 saturated heterocycles. The van der Waals surface area contributed by atoms with Crippen LogP contribution in [0.2, 0.25) is 0 Å². The summed E-state index contributed by atoms with van der Waals surface area (Å²) in [5.41, 5.74) is 3.69. The molecule has 3 heterocycles. The number of hydrogen-bond donors (Lipinski definition) is 2. The van der Waals surface area contributed by atoms with Gasteiger partial charge in [-0.15, -0.1) is 0 Å². The molecule has 2 N–H and O–H groups in total. The third-order valence-corrected chi connectivity index (χ3v) is 7.79. The smallest absolute Gasteiger partial charge is 0.335 e. The van der Waals surface area contributed by atoms with Crippen molar-refractivity contribution in [1.29, 1.82) is 0 Å². The standard InChI is InChI=1S/C31H29N3O4S/c1-19-18-20(30(35)36)9-14-24(19)26-15-16-27(38-26)29-28(25-8-4-5-17-32-25)33-31(39)34(29)21-10-12-23(13-11-21)37-22-6-2-3-7-22/h4-5,8-18,22,28-29H,2-3,6-7H2,1H3,(H,33,39)(H,35,36)/t28-,29-/m1/s1. The van der Waals surface area contributed by atoms with E-state index in [9.17, 15) is 9.90 Å². The SMILES string of the molecule is Cc1cc(C(=O)O)ccc1-c1ccc([C@@H]2[C@@H](c3ccccn3)NC(=S)N2c2ccc(OC3CCCC3)cc2)o1. The number of furan rings is 1. The maximum absolute atomic E-state index is 11.4. The minimum absolute atomic E-state index is 0.234. The number of ether oxygens (including phenoxy) is 1. The largest absolute Gasteiger partial charge is 0.490 e. The number of benzene rings is 2. The first-order chi connectivity index (χ1) is 19.0. The summed E-state index contributed by atoms with van der Waals surface area (Å²) in [5.74, 6) is 1.30. The molecule has 0 unspecified atom stereocenters. The van der Waals surface area contributed by atoms with Crippen molar-refractivity contribution in [3.8, 4) is 17.1 Å². The van der Waals surface area contributed by atoms with Crippen molar-refractivity contribution in [3.63, 3.8) is 0 Å². The van der Waals surface area contributed by atoms with Crippen LogP contribution < -0.4 is 15.0 Å². The van der Waals surface area contributed by atoms with E-state index in [0.29, 0.717) is 17.0 Å². The van der Waals surface area contributed by atoms with E-state index in [2.05, 4.69) is 15.2 Å². The normalized spacial score (nSPS) is 19.3. The lowest BCUT2D eigenvalue weighted by Crippen LogP contribution is -2.29. The Balaban J connectivity index is 1.35. The van der Waals surface area contributed by atoms with Crippen molar-refractivity contribution < 1.29 is 19.1 Å². The van der Waals surface area contributed by atoms with Crippen molar-refractivity contribution in [2.75, 3.05) is 4.90 Å². The van der Waals surface area contributed by atoms with Crippen LogP contribution in [-0.2, 0) is 0 Å². The van der Waals surface area contributed by atoms with E-state index in [-0.39, 0.29) is 17.6 Å². The molecular weight excluding hydrogens is 510 g/mol. The average molecular weight is 540 g/mol. The van der Waals surface area contributed by atoms with Crippen LogP contribution in [0.5, 0.6) is 5.75 Å². The van der Waals surface area contributed by atoms with Gasteiger partial charge in [0.25, 0.3) is 0 Å². The van der Waals surface area contributed by atoms with E-state index in [0.717, 1.165) is 46.9 Å². The van der Waals surface area contributed by atoms with E-state index in [1.807, 2.05) is 61.5 Å². The quantitative estimate of drug-likeness (QED) is 0.247. The summed E-state index contributed by atoms with van der Waals surface area (Å²) in [6.45, 7) is 1.88. The van der Waals surface area contributed by atoms with E-state index in [1.54, 1.807) is 24.4 Å². The Hall–Kier alpha value is -4.17. The summed E-state index contributed by atoms with van der Waals surface area (Å²) < 4.78 is 12.6. The summed E-state index contributed by atoms with van der Waals surface area (Å²) in [6.07, 6.45) is 6.73. The molecule has 1 aliphatic heterocycles. The number of aryl methyl sites for hydroxylation is 1. The van der Waals surface area contributed by atoms with Gasteiger partial charge in [-0.3, -0.25) is 4.98 Å². The van der Waals surface area contributed by atoms with Gasteiger partial charge in [0.15, 0.2) is 5.11 Å². The molecule has 1 aliphatic carbocycles. The van der Waals surface area contributed by atoms with Gasteiger partial charge in [0, 0.05) is 17.4 Å². The number of anilines is 1.